The van der Waals surface area contributed by atoms with E-state index in [4.69, 9.17) is 16.3 Å². The number of anilines is 1. The van der Waals surface area contributed by atoms with Crippen LogP contribution in [0.2, 0.25) is 5.02 Å². The minimum Gasteiger partial charge on any atom is -0.480 e. The number of hydrogen-bond donors (Lipinski definition) is 1. The first-order valence-electron chi connectivity index (χ1n) is 7.30. The summed E-state index contributed by atoms with van der Waals surface area (Å²) in [4.78, 5) is 12.4. The van der Waals surface area contributed by atoms with E-state index in [2.05, 4.69) is 5.32 Å². The minimum atomic E-state index is -0.542. The summed E-state index contributed by atoms with van der Waals surface area (Å²) in [7, 11) is 0. The third-order valence-electron chi connectivity index (χ3n) is 3.37. The van der Waals surface area contributed by atoms with Crippen molar-refractivity contribution < 1.29 is 9.53 Å². The van der Waals surface area contributed by atoms with Gasteiger partial charge in [-0.1, -0.05) is 36.7 Å². The predicted molar refractivity (Wildman–Crippen MR) is 90.7 cm³/mol. The monoisotopic (exact) mass is 317 g/mol. The van der Waals surface area contributed by atoms with Gasteiger partial charge in [-0.15, -0.1) is 0 Å². The number of hydrogen-bond acceptors (Lipinski definition) is 2. The Morgan fingerprint density at radius 1 is 1.23 bits per heavy atom. The van der Waals surface area contributed by atoms with Crippen LogP contribution >= 0.6 is 11.6 Å². The Kier molecular flexibility index (Phi) is 5.45. The van der Waals surface area contributed by atoms with Crippen LogP contribution in [0.5, 0.6) is 5.75 Å². The van der Waals surface area contributed by atoms with Crippen LogP contribution in [-0.4, -0.2) is 12.0 Å². The fraction of sp³-hybridized carbons (Fsp3) is 0.278. The van der Waals surface area contributed by atoms with Crippen molar-refractivity contribution in [3.05, 3.63) is 58.6 Å². The van der Waals surface area contributed by atoms with Gasteiger partial charge in [-0.2, -0.15) is 0 Å². The Bertz CT molecular complexity index is 670. The van der Waals surface area contributed by atoms with Gasteiger partial charge in [0.15, 0.2) is 6.10 Å². The van der Waals surface area contributed by atoms with E-state index in [-0.39, 0.29) is 5.91 Å². The zero-order valence-electron chi connectivity index (χ0n) is 13.0. The van der Waals surface area contributed by atoms with Crippen LogP contribution < -0.4 is 10.1 Å². The first-order chi connectivity index (χ1) is 10.5. The van der Waals surface area contributed by atoms with Crippen LogP contribution in [0.3, 0.4) is 0 Å². The topological polar surface area (TPSA) is 38.3 Å². The van der Waals surface area contributed by atoms with Crippen LogP contribution in [-0.2, 0) is 4.79 Å². The molecular weight excluding hydrogens is 298 g/mol. The van der Waals surface area contributed by atoms with Gasteiger partial charge in [0.05, 0.1) is 0 Å². The third kappa shape index (κ3) is 4.25. The lowest BCUT2D eigenvalue weighted by atomic mass is 10.1. The van der Waals surface area contributed by atoms with Gasteiger partial charge >= 0.3 is 0 Å². The van der Waals surface area contributed by atoms with Crippen LogP contribution in [0.25, 0.3) is 0 Å². The summed E-state index contributed by atoms with van der Waals surface area (Å²) >= 11 is 5.93. The van der Waals surface area contributed by atoms with Crippen LogP contribution in [0.15, 0.2) is 42.5 Å². The molecule has 2 aromatic rings. The Hall–Kier alpha value is -2.00. The summed E-state index contributed by atoms with van der Waals surface area (Å²) in [6.07, 6.45) is 0.0410. The molecule has 4 heteroatoms. The van der Waals surface area contributed by atoms with Crippen molar-refractivity contribution in [2.24, 2.45) is 0 Å². The number of ether oxygens (including phenoxy) is 1. The van der Waals surface area contributed by atoms with E-state index < -0.39 is 6.10 Å². The smallest absolute Gasteiger partial charge is 0.265 e. The van der Waals surface area contributed by atoms with Crippen molar-refractivity contribution in [1.82, 2.24) is 0 Å². The highest BCUT2D eigenvalue weighted by Crippen LogP contribution is 2.22. The van der Waals surface area contributed by atoms with Crippen LogP contribution in [0.1, 0.15) is 24.5 Å². The Morgan fingerprint density at radius 2 is 2.00 bits per heavy atom. The van der Waals surface area contributed by atoms with Gasteiger partial charge in [0.2, 0.25) is 0 Å². The number of benzene rings is 2. The van der Waals surface area contributed by atoms with Gasteiger partial charge in [0.1, 0.15) is 5.75 Å². The number of nitrogens with one attached hydrogen (secondary N) is 1. The number of halogens is 1. The molecule has 1 amide bonds. The van der Waals surface area contributed by atoms with Gasteiger partial charge in [0.25, 0.3) is 5.91 Å². The summed E-state index contributed by atoms with van der Waals surface area (Å²) in [5.41, 5.74) is 2.78. The normalized spacial score (nSPS) is 11.8. The molecule has 0 aromatic heterocycles. The zero-order valence-corrected chi connectivity index (χ0v) is 13.8. The number of amides is 1. The van der Waals surface area contributed by atoms with E-state index >= 15 is 0 Å². The molecule has 2 aromatic carbocycles. The van der Waals surface area contributed by atoms with Gasteiger partial charge < -0.3 is 10.1 Å². The molecule has 1 N–H and O–H groups in total. The molecule has 0 aliphatic carbocycles. The summed E-state index contributed by atoms with van der Waals surface area (Å²) in [5.74, 6) is 0.568. The average Bonchev–Trinajstić information content (AvgIpc) is 2.48. The number of aryl methyl sites for hydroxylation is 2. The molecule has 0 aliphatic heterocycles. The highest BCUT2D eigenvalue weighted by Gasteiger charge is 2.19. The summed E-state index contributed by atoms with van der Waals surface area (Å²) in [5, 5.41) is 3.42. The Labute approximate surface area is 136 Å². The van der Waals surface area contributed by atoms with E-state index in [9.17, 15) is 4.79 Å². The highest BCUT2D eigenvalue weighted by atomic mass is 35.5. The molecule has 3 nitrogen and oxygen atoms in total. The molecule has 2 rings (SSSR count). The molecule has 1 atom stereocenters. The number of rotatable bonds is 5. The Morgan fingerprint density at radius 3 is 2.68 bits per heavy atom. The molecule has 0 unspecified atom stereocenters. The van der Waals surface area contributed by atoms with Gasteiger partial charge in [0, 0.05) is 10.7 Å². The maximum absolute atomic E-state index is 12.4. The predicted octanol–water partition coefficient (Wildman–Crippen LogP) is 4.75. The van der Waals surface area contributed by atoms with E-state index in [1.165, 1.54) is 0 Å². The lowest BCUT2D eigenvalue weighted by Crippen LogP contribution is -2.32. The highest BCUT2D eigenvalue weighted by molar-refractivity contribution is 6.30. The molecular formula is C18H20ClNO2. The average molecular weight is 318 g/mol. The third-order valence-corrected chi connectivity index (χ3v) is 3.60. The van der Waals surface area contributed by atoms with E-state index in [0.717, 1.165) is 16.9 Å². The maximum atomic E-state index is 12.4. The van der Waals surface area contributed by atoms with Crippen molar-refractivity contribution in [3.8, 4) is 5.75 Å². The molecule has 116 valence electrons. The number of carbonyl (C=O) groups excluding carboxylic acids is 1. The van der Waals surface area contributed by atoms with Crippen LogP contribution in [0.4, 0.5) is 5.69 Å². The summed E-state index contributed by atoms with van der Waals surface area (Å²) < 4.78 is 5.89. The molecule has 0 fully saturated rings. The first kappa shape index (κ1) is 16.4. The summed E-state index contributed by atoms with van der Waals surface area (Å²) in [6, 6.07) is 13.0. The quantitative estimate of drug-likeness (QED) is 0.864. The van der Waals surface area contributed by atoms with E-state index in [1.807, 2.05) is 39.0 Å². The SMILES string of the molecule is CC[C@H](Oc1cc(C)ccc1C)C(=O)Nc1cccc(Cl)c1. The van der Waals surface area contributed by atoms with Gasteiger partial charge in [-0.25, -0.2) is 0 Å². The van der Waals surface area contributed by atoms with Crippen LogP contribution in [0, 0.1) is 13.8 Å². The van der Waals surface area contributed by atoms with Crippen molar-refractivity contribution >= 4 is 23.2 Å². The molecule has 0 spiro atoms. The van der Waals surface area contributed by atoms with Crippen molar-refractivity contribution in [1.29, 1.82) is 0 Å². The molecule has 0 aliphatic rings. The second-order valence-corrected chi connectivity index (χ2v) is 5.72. The second kappa shape index (κ2) is 7.32. The largest absolute Gasteiger partial charge is 0.480 e. The van der Waals surface area contributed by atoms with Crippen molar-refractivity contribution in [2.75, 3.05) is 5.32 Å². The molecule has 0 saturated heterocycles. The summed E-state index contributed by atoms with van der Waals surface area (Å²) in [6.45, 7) is 5.89. The standard InChI is InChI=1S/C18H20ClNO2/c1-4-16(22-17-10-12(2)8-9-13(17)3)18(21)20-15-7-5-6-14(19)11-15/h5-11,16H,4H2,1-3H3,(H,20,21)/t16-/m0/s1. The van der Waals surface area contributed by atoms with Gasteiger partial charge in [-0.05, 0) is 55.7 Å². The molecule has 0 radical (unpaired) electrons. The van der Waals surface area contributed by atoms with Gasteiger partial charge in [-0.3, -0.25) is 4.79 Å². The Balaban J connectivity index is 2.10. The zero-order chi connectivity index (χ0) is 16.1. The molecule has 22 heavy (non-hydrogen) atoms. The molecule has 0 heterocycles. The fourth-order valence-electron chi connectivity index (χ4n) is 2.10. The molecule has 0 bridgehead atoms. The van der Waals surface area contributed by atoms with Crippen molar-refractivity contribution in [3.63, 3.8) is 0 Å². The lowest BCUT2D eigenvalue weighted by Gasteiger charge is -2.19. The fourth-order valence-corrected chi connectivity index (χ4v) is 2.29. The molecule has 0 saturated carbocycles. The second-order valence-electron chi connectivity index (χ2n) is 5.28. The minimum absolute atomic E-state index is 0.175. The maximum Gasteiger partial charge on any atom is 0.265 e. The lowest BCUT2D eigenvalue weighted by molar-refractivity contribution is -0.122. The number of carbonyl (C=O) groups is 1. The van der Waals surface area contributed by atoms with E-state index in [1.54, 1.807) is 24.3 Å². The van der Waals surface area contributed by atoms with E-state index in [0.29, 0.717) is 17.1 Å². The van der Waals surface area contributed by atoms with Crippen molar-refractivity contribution in [2.45, 2.75) is 33.3 Å². The first-order valence-corrected chi connectivity index (χ1v) is 7.67.